The van der Waals surface area contributed by atoms with Crippen LogP contribution in [0.2, 0.25) is 0 Å². The Balaban J connectivity index is 1.76. The van der Waals surface area contributed by atoms with E-state index in [1.54, 1.807) is 16.7 Å². The summed E-state index contributed by atoms with van der Waals surface area (Å²) in [6.45, 7) is 7.54. The Labute approximate surface area is 147 Å². The summed E-state index contributed by atoms with van der Waals surface area (Å²) in [5.41, 5.74) is 2.31. The Morgan fingerprint density at radius 1 is 1.38 bits per heavy atom. The van der Waals surface area contributed by atoms with E-state index in [4.69, 9.17) is 0 Å². The maximum atomic E-state index is 12.5. The number of hydrogen-bond donors (Lipinski definition) is 2. The molecule has 0 radical (unpaired) electrons. The van der Waals surface area contributed by atoms with E-state index in [1.165, 1.54) is 16.9 Å². The van der Waals surface area contributed by atoms with Gasteiger partial charge in [0.05, 0.1) is 5.01 Å². The zero-order valence-electron chi connectivity index (χ0n) is 13.8. The van der Waals surface area contributed by atoms with E-state index in [0.717, 1.165) is 21.3 Å². The molecule has 0 aromatic carbocycles. The van der Waals surface area contributed by atoms with Gasteiger partial charge in [0.25, 0.3) is 11.8 Å². The number of thiazole rings is 1. The molecule has 2 unspecified atom stereocenters. The van der Waals surface area contributed by atoms with E-state index in [2.05, 4.69) is 15.5 Å². The van der Waals surface area contributed by atoms with Crippen LogP contribution in [0.3, 0.4) is 0 Å². The lowest BCUT2D eigenvalue weighted by atomic mass is 10.0. The molecule has 1 aromatic rings. The Morgan fingerprint density at radius 3 is 2.67 bits per heavy atom. The van der Waals surface area contributed by atoms with Gasteiger partial charge >= 0.3 is 0 Å². The number of aromatic nitrogens is 1. The molecule has 0 spiro atoms. The number of nitrogens with zero attached hydrogens (tertiary/aromatic N) is 3. The van der Waals surface area contributed by atoms with Crippen molar-refractivity contribution in [3.05, 3.63) is 26.8 Å². The molecule has 1 saturated heterocycles. The van der Waals surface area contributed by atoms with Gasteiger partial charge in [-0.2, -0.15) is 0 Å². The molecule has 2 atom stereocenters. The van der Waals surface area contributed by atoms with Crippen LogP contribution in [0.15, 0.2) is 16.4 Å². The van der Waals surface area contributed by atoms with Crippen molar-refractivity contribution < 1.29 is 14.8 Å². The maximum Gasteiger partial charge on any atom is 0.276 e. The van der Waals surface area contributed by atoms with E-state index in [1.807, 2.05) is 27.7 Å². The van der Waals surface area contributed by atoms with E-state index < -0.39 is 11.9 Å². The fourth-order valence-corrected chi connectivity index (χ4v) is 5.04. The fourth-order valence-electron chi connectivity index (χ4n) is 2.80. The largest absolute Gasteiger partial charge is 0.410 e. The molecule has 24 heavy (non-hydrogen) atoms. The van der Waals surface area contributed by atoms with Crippen LogP contribution in [-0.4, -0.2) is 49.8 Å². The molecule has 2 aliphatic rings. The first-order chi connectivity index (χ1) is 11.3. The van der Waals surface area contributed by atoms with Gasteiger partial charge in [0.1, 0.15) is 17.1 Å². The second-order valence-corrected chi connectivity index (χ2v) is 8.33. The Kier molecular flexibility index (Phi) is 4.39. The minimum atomic E-state index is -0.609. The first kappa shape index (κ1) is 17.0. The number of β-lactam (4-membered cyclic amide) rings is 1. The number of carbonyl (C=O) groups excluding carboxylic acids is 2. The summed E-state index contributed by atoms with van der Waals surface area (Å²) >= 11 is 3.04. The van der Waals surface area contributed by atoms with Gasteiger partial charge in [-0.25, -0.2) is 4.98 Å². The van der Waals surface area contributed by atoms with Crippen LogP contribution in [0.4, 0.5) is 0 Å². The number of allylic oxidation sites excluding steroid dienone is 1. The average Bonchev–Trinajstić information content (AvgIpc) is 2.86. The second-order valence-electron chi connectivity index (χ2n) is 5.81. The summed E-state index contributed by atoms with van der Waals surface area (Å²) in [7, 11) is 0. The summed E-state index contributed by atoms with van der Waals surface area (Å²) in [4.78, 5) is 31.6. The van der Waals surface area contributed by atoms with Gasteiger partial charge in [-0.3, -0.25) is 14.5 Å². The Hall–Kier alpha value is -1.87. The van der Waals surface area contributed by atoms with Crippen molar-refractivity contribution in [3.63, 3.8) is 0 Å². The van der Waals surface area contributed by atoms with E-state index in [9.17, 15) is 14.8 Å². The molecule has 0 bridgehead atoms. The maximum absolute atomic E-state index is 12.5. The van der Waals surface area contributed by atoms with Crippen LogP contribution in [0, 0.1) is 13.8 Å². The summed E-state index contributed by atoms with van der Waals surface area (Å²) in [5, 5.41) is 15.7. The summed E-state index contributed by atoms with van der Waals surface area (Å²) < 4.78 is 0. The van der Waals surface area contributed by atoms with Crippen LogP contribution in [0.25, 0.3) is 0 Å². The van der Waals surface area contributed by atoms with Crippen LogP contribution >= 0.6 is 23.1 Å². The summed E-state index contributed by atoms with van der Waals surface area (Å²) in [6.07, 6.45) is 0. The van der Waals surface area contributed by atoms with Gasteiger partial charge in [-0.1, -0.05) is 5.16 Å². The number of aryl methyl sites for hydroxylation is 2. The molecule has 9 heteroatoms. The third kappa shape index (κ3) is 2.61. The third-order valence-electron chi connectivity index (χ3n) is 4.22. The van der Waals surface area contributed by atoms with Gasteiger partial charge in [0, 0.05) is 16.3 Å². The van der Waals surface area contributed by atoms with Gasteiger partial charge in [0.2, 0.25) is 0 Å². The predicted octanol–water partition coefficient (Wildman–Crippen LogP) is 1.63. The predicted molar refractivity (Wildman–Crippen MR) is 93.3 cm³/mol. The van der Waals surface area contributed by atoms with Crippen molar-refractivity contribution in [2.45, 2.75) is 39.1 Å². The third-order valence-corrected chi connectivity index (χ3v) is 6.53. The number of nitrogens with one attached hydrogen (secondary N) is 1. The second kappa shape index (κ2) is 6.21. The first-order valence-electron chi connectivity index (χ1n) is 7.43. The van der Waals surface area contributed by atoms with Crippen LogP contribution in [0.1, 0.15) is 29.4 Å². The van der Waals surface area contributed by atoms with Crippen LogP contribution < -0.4 is 5.32 Å². The fraction of sp³-hybridized carbons (Fsp3) is 0.467. The van der Waals surface area contributed by atoms with E-state index >= 15 is 0 Å². The molecule has 2 N–H and O–H groups in total. The van der Waals surface area contributed by atoms with Crippen molar-refractivity contribution in [1.29, 1.82) is 0 Å². The average molecular weight is 366 g/mol. The zero-order chi connectivity index (χ0) is 17.6. The molecule has 0 aliphatic carbocycles. The highest BCUT2D eigenvalue weighted by Crippen LogP contribution is 2.39. The molecular formula is C15H18N4O3S2. The Morgan fingerprint density at radius 2 is 2.08 bits per heavy atom. The summed E-state index contributed by atoms with van der Waals surface area (Å²) in [6, 6.07) is -0.609. The minimum absolute atomic E-state index is 0.108. The monoisotopic (exact) mass is 366 g/mol. The number of hydrogen-bond acceptors (Lipinski definition) is 7. The lowest BCUT2D eigenvalue weighted by Gasteiger charge is -2.49. The molecule has 7 nitrogen and oxygen atoms in total. The minimum Gasteiger partial charge on any atom is -0.410 e. The van der Waals surface area contributed by atoms with Gasteiger partial charge in [-0.15, -0.1) is 23.1 Å². The quantitative estimate of drug-likeness (QED) is 0.367. The highest BCUT2D eigenvalue weighted by atomic mass is 32.2. The number of rotatable bonds is 3. The molecule has 3 heterocycles. The lowest BCUT2D eigenvalue weighted by molar-refractivity contribution is -0.144. The van der Waals surface area contributed by atoms with Crippen molar-refractivity contribution in [1.82, 2.24) is 15.2 Å². The van der Waals surface area contributed by atoms with Crippen molar-refractivity contribution in [2.24, 2.45) is 5.16 Å². The normalized spacial score (nSPS) is 23.9. The molecule has 128 valence electrons. The van der Waals surface area contributed by atoms with Gasteiger partial charge in [0.15, 0.2) is 5.71 Å². The molecule has 0 saturated carbocycles. The van der Waals surface area contributed by atoms with Crippen molar-refractivity contribution >= 4 is 40.6 Å². The summed E-state index contributed by atoms with van der Waals surface area (Å²) in [5.74, 6) is 0.104. The highest BCUT2D eigenvalue weighted by Gasteiger charge is 2.51. The molecule has 1 fully saturated rings. The number of fused-ring (bicyclic) bond motifs is 1. The molecular weight excluding hydrogens is 348 g/mol. The van der Waals surface area contributed by atoms with Crippen LogP contribution in [-0.2, 0) is 9.59 Å². The first-order valence-corrected chi connectivity index (χ1v) is 9.30. The highest BCUT2D eigenvalue weighted by molar-refractivity contribution is 8.00. The number of thioether (sulfide) groups is 1. The molecule has 3 rings (SSSR count). The zero-order valence-corrected chi connectivity index (χ0v) is 15.4. The smallest absolute Gasteiger partial charge is 0.276 e. The van der Waals surface area contributed by atoms with Crippen LogP contribution in [0.5, 0.6) is 0 Å². The van der Waals surface area contributed by atoms with Crippen molar-refractivity contribution in [3.8, 4) is 0 Å². The van der Waals surface area contributed by atoms with Crippen molar-refractivity contribution in [2.75, 3.05) is 5.75 Å². The van der Waals surface area contributed by atoms with Gasteiger partial charge in [-0.05, 0) is 33.3 Å². The van der Waals surface area contributed by atoms with E-state index in [-0.39, 0.29) is 17.0 Å². The number of amides is 2. The number of oxime groups is 1. The Bertz CT molecular complexity index is 784. The molecule has 2 aliphatic heterocycles. The molecule has 1 aromatic heterocycles. The SMILES string of the molecule is CC1=C(C)N2C(=O)C(NC(=O)C(=NO)c3nc(C)sc3C)C2SC1. The van der Waals surface area contributed by atoms with Gasteiger partial charge < -0.3 is 10.5 Å². The molecule has 2 amide bonds. The lowest BCUT2D eigenvalue weighted by Crippen LogP contribution is -2.70. The standard InChI is InChI=1S/C15H18N4O3S2/c1-6-5-23-15-12(14(21)19(15)7(6)2)17-13(20)11(18-22)10-8(3)24-9(4)16-10/h12,15,22H,5H2,1-4H3,(H,17,20). The number of carbonyl (C=O) groups is 2. The topological polar surface area (TPSA) is 94.9 Å². The van der Waals surface area contributed by atoms with E-state index in [0.29, 0.717) is 5.69 Å².